The molecule has 0 unspecified atom stereocenters. The first-order chi connectivity index (χ1) is 10.6. The molecule has 1 aromatic carbocycles. The molecule has 0 atom stereocenters. The smallest absolute Gasteiger partial charge is 0.226 e. The number of piperidine rings is 1. The van der Waals surface area contributed by atoms with Crippen LogP contribution in [-0.4, -0.2) is 24.9 Å². The quantitative estimate of drug-likeness (QED) is 0.771. The SMILES string of the molecule is CC(C)C(=O)Nc1ccc(CNC(=O)C2CCNCC2)cc1.Cl. The summed E-state index contributed by atoms with van der Waals surface area (Å²) in [4.78, 5) is 23.7. The monoisotopic (exact) mass is 339 g/mol. The fourth-order valence-electron chi connectivity index (χ4n) is 2.41. The fraction of sp³-hybridized carbons (Fsp3) is 0.529. The van der Waals surface area contributed by atoms with E-state index in [4.69, 9.17) is 0 Å². The van der Waals surface area contributed by atoms with Crippen LogP contribution in [0.25, 0.3) is 0 Å². The van der Waals surface area contributed by atoms with Gasteiger partial charge >= 0.3 is 0 Å². The standard InChI is InChI=1S/C17H25N3O2.ClH/c1-12(2)16(21)20-15-5-3-13(4-6-15)11-19-17(22)14-7-9-18-10-8-14;/h3-6,12,14,18H,7-11H2,1-2H3,(H,19,22)(H,20,21);1H. The first kappa shape index (κ1) is 19.5. The van der Waals surface area contributed by atoms with E-state index >= 15 is 0 Å². The highest BCUT2D eigenvalue weighted by Gasteiger charge is 2.20. The number of carbonyl (C=O) groups is 2. The van der Waals surface area contributed by atoms with Gasteiger partial charge in [0.2, 0.25) is 11.8 Å². The average Bonchev–Trinajstić information content (AvgIpc) is 2.54. The van der Waals surface area contributed by atoms with Gasteiger partial charge in [-0.25, -0.2) is 0 Å². The Balaban J connectivity index is 0.00000264. The van der Waals surface area contributed by atoms with E-state index in [9.17, 15) is 9.59 Å². The minimum absolute atomic E-state index is 0. The van der Waals surface area contributed by atoms with Gasteiger partial charge in [-0.05, 0) is 43.6 Å². The number of anilines is 1. The molecular formula is C17H26ClN3O2. The van der Waals surface area contributed by atoms with Gasteiger partial charge in [0.25, 0.3) is 0 Å². The van der Waals surface area contributed by atoms with Gasteiger partial charge in [-0.1, -0.05) is 26.0 Å². The summed E-state index contributed by atoms with van der Waals surface area (Å²) in [5.41, 5.74) is 1.82. The predicted octanol–water partition coefficient (Wildman–Crippen LogP) is 2.32. The molecule has 1 heterocycles. The molecule has 1 saturated heterocycles. The topological polar surface area (TPSA) is 70.2 Å². The lowest BCUT2D eigenvalue weighted by Gasteiger charge is -2.21. The van der Waals surface area contributed by atoms with Gasteiger partial charge in [0, 0.05) is 24.1 Å². The van der Waals surface area contributed by atoms with Crippen LogP contribution >= 0.6 is 12.4 Å². The van der Waals surface area contributed by atoms with E-state index in [1.54, 1.807) is 0 Å². The summed E-state index contributed by atoms with van der Waals surface area (Å²) < 4.78 is 0. The molecule has 0 aliphatic carbocycles. The van der Waals surface area contributed by atoms with Gasteiger partial charge in [0.05, 0.1) is 0 Å². The predicted molar refractivity (Wildman–Crippen MR) is 94.6 cm³/mol. The number of carbonyl (C=O) groups excluding carboxylic acids is 2. The fourth-order valence-corrected chi connectivity index (χ4v) is 2.41. The normalized spacial score (nSPS) is 14.9. The lowest BCUT2D eigenvalue weighted by Crippen LogP contribution is -2.37. The maximum absolute atomic E-state index is 12.1. The van der Waals surface area contributed by atoms with Crippen molar-refractivity contribution in [1.82, 2.24) is 10.6 Å². The highest BCUT2D eigenvalue weighted by atomic mass is 35.5. The molecule has 0 spiro atoms. The Hall–Kier alpha value is -1.59. The Bertz CT molecular complexity index is 511. The zero-order valence-electron chi connectivity index (χ0n) is 13.7. The summed E-state index contributed by atoms with van der Waals surface area (Å²) in [7, 11) is 0. The number of rotatable bonds is 5. The van der Waals surface area contributed by atoms with Crippen molar-refractivity contribution in [3.8, 4) is 0 Å². The number of halogens is 1. The third kappa shape index (κ3) is 6.20. The molecule has 5 nitrogen and oxygen atoms in total. The van der Waals surface area contributed by atoms with Gasteiger partial charge in [0.1, 0.15) is 0 Å². The Morgan fingerprint density at radius 1 is 1.17 bits per heavy atom. The zero-order chi connectivity index (χ0) is 15.9. The number of hydrogen-bond donors (Lipinski definition) is 3. The average molecular weight is 340 g/mol. The van der Waals surface area contributed by atoms with E-state index in [-0.39, 0.29) is 36.1 Å². The van der Waals surface area contributed by atoms with Crippen molar-refractivity contribution in [3.63, 3.8) is 0 Å². The number of nitrogens with one attached hydrogen (secondary N) is 3. The Kier molecular flexibility index (Phi) is 8.06. The van der Waals surface area contributed by atoms with Crippen LogP contribution in [0.5, 0.6) is 0 Å². The van der Waals surface area contributed by atoms with Crippen LogP contribution in [0.3, 0.4) is 0 Å². The molecule has 6 heteroatoms. The van der Waals surface area contributed by atoms with Crippen LogP contribution in [0, 0.1) is 11.8 Å². The molecule has 0 aromatic heterocycles. The first-order valence-electron chi connectivity index (χ1n) is 7.94. The van der Waals surface area contributed by atoms with Crippen molar-refractivity contribution >= 4 is 29.9 Å². The molecule has 1 aliphatic rings. The summed E-state index contributed by atoms with van der Waals surface area (Å²) in [5, 5.41) is 9.10. The minimum atomic E-state index is -0.0380. The largest absolute Gasteiger partial charge is 0.352 e. The second-order valence-electron chi connectivity index (χ2n) is 6.08. The molecule has 128 valence electrons. The molecule has 1 aromatic rings. The van der Waals surface area contributed by atoms with Crippen molar-refractivity contribution in [1.29, 1.82) is 0 Å². The van der Waals surface area contributed by atoms with Crippen LogP contribution in [0.2, 0.25) is 0 Å². The first-order valence-corrected chi connectivity index (χ1v) is 7.94. The van der Waals surface area contributed by atoms with E-state index in [1.165, 1.54) is 0 Å². The Labute approximate surface area is 144 Å². The van der Waals surface area contributed by atoms with Gasteiger partial charge < -0.3 is 16.0 Å². The molecule has 2 amide bonds. The number of benzene rings is 1. The molecule has 0 radical (unpaired) electrons. The van der Waals surface area contributed by atoms with Crippen LogP contribution < -0.4 is 16.0 Å². The Morgan fingerprint density at radius 3 is 2.35 bits per heavy atom. The molecular weight excluding hydrogens is 314 g/mol. The third-order valence-electron chi connectivity index (χ3n) is 3.92. The van der Waals surface area contributed by atoms with Crippen molar-refractivity contribution in [2.45, 2.75) is 33.2 Å². The van der Waals surface area contributed by atoms with Gasteiger partial charge in [-0.15, -0.1) is 12.4 Å². The lowest BCUT2D eigenvalue weighted by atomic mass is 9.97. The number of amides is 2. The van der Waals surface area contributed by atoms with E-state index in [0.29, 0.717) is 6.54 Å². The maximum atomic E-state index is 12.1. The van der Waals surface area contributed by atoms with Gasteiger partial charge in [-0.2, -0.15) is 0 Å². The highest BCUT2D eigenvalue weighted by molar-refractivity contribution is 5.92. The molecule has 0 saturated carbocycles. The molecule has 1 aliphatic heterocycles. The second kappa shape index (κ2) is 9.53. The minimum Gasteiger partial charge on any atom is -0.352 e. The van der Waals surface area contributed by atoms with Crippen molar-refractivity contribution in [2.75, 3.05) is 18.4 Å². The summed E-state index contributed by atoms with van der Waals surface area (Å²) >= 11 is 0. The van der Waals surface area contributed by atoms with Crippen LogP contribution in [0.15, 0.2) is 24.3 Å². The molecule has 2 rings (SSSR count). The van der Waals surface area contributed by atoms with E-state index in [1.807, 2.05) is 38.1 Å². The molecule has 0 bridgehead atoms. The van der Waals surface area contributed by atoms with E-state index < -0.39 is 0 Å². The Morgan fingerprint density at radius 2 is 1.78 bits per heavy atom. The van der Waals surface area contributed by atoms with Crippen molar-refractivity contribution in [3.05, 3.63) is 29.8 Å². The molecule has 3 N–H and O–H groups in total. The third-order valence-corrected chi connectivity index (χ3v) is 3.92. The van der Waals surface area contributed by atoms with Crippen LogP contribution in [0.1, 0.15) is 32.3 Å². The summed E-state index contributed by atoms with van der Waals surface area (Å²) in [6, 6.07) is 7.59. The summed E-state index contributed by atoms with van der Waals surface area (Å²) in [6.07, 6.45) is 1.82. The number of hydrogen-bond acceptors (Lipinski definition) is 3. The van der Waals surface area contributed by atoms with E-state index in [2.05, 4.69) is 16.0 Å². The highest BCUT2D eigenvalue weighted by Crippen LogP contribution is 2.13. The van der Waals surface area contributed by atoms with Crippen molar-refractivity contribution < 1.29 is 9.59 Å². The van der Waals surface area contributed by atoms with Crippen LogP contribution in [0.4, 0.5) is 5.69 Å². The second-order valence-corrected chi connectivity index (χ2v) is 6.08. The van der Waals surface area contributed by atoms with Crippen molar-refractivity contribution in [2.24, 2.45) is 11.8 Å². The van der Waals surface area contributed by atoms with Gasteiger partial charge in [0.15, 0.2) is 0 Å². The summed E-state index contributed by atoms with van der Waals surface area (Å²) in [5.74, 6) is 0.237. The lowest BCUT2D eigenvalue weighted by molar-refractivity contribution is -0.126. The van der Waals surface area contributed by atoms with E-state index in [0.717, 1.165) is 37.2 Å². The maximum Gasteiger partial charge on any atom is 0.226 e. The molecule has 23 heavy (non-hydrogen) atoms. The zero-order valence-corrected chi connectivity index (χ0v) is 14.5. The molecule has 1 fully saturated rings. The van der Waals surface area contributed by atoms with Crippen LogP contribution in [-0.2, 0) is 16.1 Å². The van der Waals surface area contributed by atoms with Gasteiger partial charge in [-0.3, -0.25) is 9.59 Å². The summed E-state index contributed by atoms with van der Waals surface area (Å²) in [6.45, 7) is 6.09.